The van der Waals surface area contributed by atoms with Crippen LogP contribution in [0.1, 0.15) is 17.4 Å². The molecule has 0 aliphatic carbocycles. The fraction of sp³-hybridized carbons (Fsp3) is 0.643. The van der Waals surface area contributed by atoms with E-state index in [1.807, 2.05) is 0 Å². The highest BCUT2D eigenvalue weighted by Gasteiger charge is 2.22. The number of nitrogens with zero attached hydrogens (tertiary/aromatic N) is 4. The average molecular weight is 291 g/mol. The van der Waals surface area contributed by atoms with E-state index >= 15 is 0 Å². The molecule has 0 spiro atoms. The van der Waals surface area contributed by atoms with Crippen LogP contribution in [0, 0.1) is 0 Å². The minimum atomic E-state index is -0.0594. The van der Waals surface area contributed by atoms with E-state index < -0.39 is 0 Å². The molecule has 1 atom stereocenters. The summed E-state index contributed by atoms with van der Waals surface area (Å²) in [5.41, 5.74) is 0.417. The normalized spacial score (nSPS) is 23.2. The number of piperazine rings is 1. The molecule has 7 heteroatoms. The van der Waals surface area contributed by atoms with Crippen LogP contribution in [-0.2, 0) is 4.74 Å². The molecule has 2 saturated heterocycles. The maximum Gasteiger partial charge on any atom is 0.274 e. The lowest BCUT2D eigenvalue weighted by Crippen LogP contribution is -2.49. The molecule has 21 heavy (non-hydrogen) atoms. The van der Waals surface area contributed by atoms with Crippen molar-refractivity contribution in [2.45, 2.75) is 13.0 Å². The molecule has 1 aromatic heterocycles. The zero-order chi connectivity index (χ0) is 14.7. The van der Waals surface area contributed by atoms with E-state index in [0.29, 0.717) is 38.0 Å². The molecule has 0 radical (unpaired) electrons. The molecular formula is C14H21N5O2. The van der Waals surface area contributed by atoms with Crippen molar-refractivity contribution in [3.63, 3.8) is 0 Å². The average Bonchev–Trinajstić information content (AvgIpc) is 2.55. The fourth-order valence-electron chi connectivity index (χ4n) is 2.68. The zero-order valence-electron chi connectivity index (χ0n) is 12.3. The third-order valence-corrected chi connectivity index (χ3v) is 3.83. The number of nitrogens with one attached hydrogen (secondary N) is 1. The number of amides is 1. The Labute approximate surface area is 124 Å². The molecule has 0 saturated carbocycles. The van der Waals surface area contributed by atoms with E-state index in [1.54, 1.807) is 17.3 Å². The minimum absolute atomic E-state index is 0.0594. The minimum Gasteiger partial charge on any atom is -0.378 e. The van der Waals surface area contributed by atoms with E-state index in [-0.39, 0.29) is 5.91 Å². The number of aromatic nitrogens is 2. The van der Waals surface area contributed by atoms with Crippen LogP contribution in [0.4, 0.5) is 5.82 Å². The smallest absolute Gasteiger partial charge is 0.274 e. The van der Waals surface area contributed by atoms with Crippen LogP contribution >= 0.6 is 0 Å². The number of morpholine rings is 1. The molecule has 1 aromatic rings. The number of hydrogen-bond donors (Lipinski definition) is 1. The summed E-state index contributed by atoms with van der Waals surface area (Å²) < 4.78 is 5.27. The first kappa shape index (κ1) is 14.2. The Kier molecular flexibility index (Phi) is 4.31. The van der Waals surface area contributed by atoms with Gasteiger partial charge in [0.2, 0.25) is 0 Å². The summed E-state index contributed by atoms with van der Waals surface area (Å²) in [6.45, 7) is 7.25. The van der Waals surface area contributed by atoms with Crippen molar-refractivity contribution in [2.24, 2.45) is 0 Å². The molecular weight excluding hydrogens is 270 g/mol. The molecule has 2 aliphatic rings. The molecule has 0 bridgehead atoms. The first-order valence-corrected chi connectivity index (χ1v) is 7.41. The van der Waals surface area contributed by atoms with E-state index in [9.17, 15) is 4.79 Å². The van der Waals surface area contributed by atoms with Crippen LogP contribution in [-0.4, -0.2) is 72.8 Å². The van der Waals surface area contributed by atoms with Crippen molar-refractivity contribution in [3.8, 4) is 0 Å². The van der Waals surface area contributed by atoms with Crippen molar-refractivity contribution in [3.05, 3.63) is 18.1 Å². The number of carbonyl (C=O) groups is 1. The molecule has 2 aliphatic heterocycles. The molecule has 1 unspecified atom stereocenters. The number of ether oxygens (including phenoxy) is 1. The fourth-order valence-corrected chi connectivity index (χ4v) is 2.68. The van der Waals surface area contributed by atoms with Gasteiger partial charge in [0.05, 0.1) is 25.6 Å². The Morgan fingerprint density at radius 2 is 2.14 bits per heavy atom. The highest BCUT2D eigenvalue weighted by Crippen LogP contribution is 2.13. The van der Waals surface area contributed by atoms with Crippen molar-refractivity contribution in [2.75, 3.05) is 50.8 Å². The second-order valence-electron chi connectivity index (χ2n) is 5.47. The van der Waals surface area contributed by atoms with Crippen LogP contribution in [0.25, 0.3) is 0 Å². The van der Waals surface area contributed by atoms with E-state index in [2.05, 4.69) is 27.1 Å². The van der Waals surface area contributed by atoms with Gasteiger partial charge >= 0.3 is 0 Å². The summed E-state index contributed by atoms with van der Waals surface area (Å²) in [6, 6.07) is 0.416. The van der Waals surface area contributed by atoms with E-state index in [0.717, 1.165) is 25.5 Å². The highest BCUT2D eigenvalue weighted by molar-refractivity contribution is 5.92. The summed E-state index contributed by atoms with van der Waals surface area (Å²) in [4.78, 5) is 25.1. The van der Waals surface area contributed by atoms with Gasteiger partial charge in [-0.2, -0.15) is 0 Å². The Balaban J connectivity index is 1.74. The van der Waals surface area contributed by atoms with Gasteiger partial charge in [-0.1, -0.05) is 0 Å². The number of rotatable bonds is 2. The van der Waals surface area contributed by atoms with Gasteiger partial charge in [-0.05, 0) is 6.92 Å². The summed E-state index contributed by atoms with van der Waals surface area (Å²) in [7, 11) is 0. The number of carbonyl (C=O) groups excluding carboxylic acids is 1. The lowest BCUT2D eigenvalue weighted by atomic mass is 10.2. The van der Waals surface area contributed by atoms with Gasteiger partial charge in [0.15, 0.2) is 0 Å². The highest BCUT2D eigenvalue weighted by atomic mass is 16.5. The molecule has 1 amide bonds. The predicted molar refractivity (Wildman–Crippen MR) is 78.4 cm³/mol. The predicted octanol–water partition coefficient (Wildman–Crippen LogP) is -0.253. The second-order valence-corrected chi connectivity index (χ2v) is 5.47. The van der Waals surface area contributed by atoms with Gasteiger partial charge < -0.3 is 19.9 Å². The van der Waals surface area contributed by atoms with Crippen molar-refractivity contribution < 1.29 is 9.53 Å². The molecule has 7 nitrogen and oxygen atoms in total. The lowest BCUT2D eigenvalue weighted by molar-refractivity contribution is 0.0299. The van der Waals surface area contributed by atoms with Crippen molar-refractivity contribution >= 4 is 11.7 Å². The Hall–Kier alpha value is -1.73. The van der Waals surface area contributed by atoms with Crippen LogP contribution < -0.4 is 10.2 Å². The quantitative estimate of drug-likeness (QED) is 0.810. The molecule has 2 fully saturated rings. The van der Waals surface area contributed by atoms with E-state index in [4.69, 9.17) is 4.74 Å². The van der Waals surface area contributed by atoms with Crippen molar-refractivity contribution in [1.29, 1.82) is 0 Å². The van der Waals surface area contributed by atoms with Gasteiger partial charge in [-0.3, -0.25) is 9.78 Å². The van der Waals surface area contributed by atoms with Gasteiger partial charge in [0.25, 0.3) is 5.91 Å². The van der Waals surface area contributed by atoms with Crippen molar-refractivity contribution in [1.82, 2.24) is 20.2 Å². The maximum absolute atomic E-state index is 12.4. The standard InChI is InChI=1S/C14H21N5O2/c1-11-10-19(3-2-16-11)13-9-15-8-12(17-13)14(20)18-4-6-21-7-5-18/h8-9,11,16H,2-7,10H2,1H3. The molecule has 114 valence electrons. The maximum atomic E-state index is 12.4. The van der Waals surface area contributed by atoms with Gasteiger partial charge in [0, 0.05) is 38.8 Å². The Morgan fingerprint density at radius 3 is 2.90 bits per heavy atom. The largest absolute Gasteiger partial charge is 0.378 e. The zero-order valence-corrected chi connectivity index (χ0v) is 12.3. The topological polar surface area (TPSA) is 70.6 Å². The Bertz CT molecular complexity index is 504. The third kappa shape index (κ3) is 3.30. The summed E-state index contributed by atoms with van der Waals surface area (Å²) in [5, 5.41) is 3.39. The van der Waals surface area contributed by atoms with Gasteiger partial charge in [0.1, 0.15) is 11.5 Å². The number of anilines is 1. The second kappa shape index (κ2) is 6.36. The van der Waals surface area contributed by atoms with E-state index in [1.165, 1.54) is 0 Å². The van der Waals surface area contributed by atoms with Crippen LogP contribution in [0.3, 0.4) is 0 Å². The first-order chi connectivity index (χ1) is 10.2. The molecule has 3 heterocycles. The first-order valence-electron chi connectivity index (χ1n) is 7.41. The lowest BCUT2D eigenvalue weighted by Gasteiger charge is -2.32. The number of hydrogen-bond acceptors (Lipinski definition) is 6. The van der Waals surface area contributed by atoms with Crippen LogP contribution in [0.2, 0.25) is 0 Å². The monoisotopic (exact) mass is 291 g/mol. The van der Waals surface area contributed by atoms with Gasteiger partial charge in [-0.25, -0.2) is 4.98 Å². The summed E-state index contributed by atoms with van der Waals surface area (Å²) in [6.07, 6.45) is 3.28. The van der Waals surface area contributed by atoms with Gasteiger partial charge in [-0.15, -0.1) is 0 Å². The SMILES string of the molecule is CC1CN(c2cncc(C(=O)N3CCOCC3)n2)CCN1. The molecule has 3 rings (SSSR count). The third-order valence-electron chi connectivity index (χ3n) is 3.83. The van der Waals surface area contributed by atoms with Crippen LogP contribution in [0.5, 0.6) is 0 Å². The summed E-state index contributed by atoms with van der Waals surface area (Å²) in [5.74, 6) is 0.721. The van der Waals surface area contributed by atoms with Crippen LogP contribution in [0.15, 0.2) is 12.4 Å². The molecule has 1 N–H and O–H groups in total. The summed E-state index contributed by atoms with van der Waals surface area (Å²) >= 11 is 0. The Morgan fingerprint density at radius 1 is 1.33 bits per heavy atom. The molecule has 0 aromatic carbocycles.